The zero-order chi connectivity index (χ0) is 18.7. The zero-order valence-corrected chi connectivity index (χ0v) is 13.4. The van der Waals surface area contributed by atoms with Crippen LogP contribution in [0, 0.1) is 23.0 Å². The van der Waals surface area contributed by atoms with Crippen LogP contribution in [-0.2, 0) is 6.61 Å². The van der Waals surface area contributed by atoms with Crippen molar-refractivity contribution < 1.29 is 13.5 Å². The smallest absolute Gasteiger partial charge is 0.222 e. The Morgan fingerprint density at radius 3 is 2.58 bits per heavy atom. The molecule has 0 fully saturated rings. The Labute approximate surface area is 147 Å². The highest BCUT2D eigenvalue weighted by molar-refractivity contribution is 5.73. The van der Waals surface area contributed by atoms with E-state index in [9.17, 15) is 14.0 Å². The zero-order valence-electron chi connectivity index (χ0n) is 13.4. The van der Waals surface area contributed by atoms with Crippen LogP contribution in [0.15, 0.2) is 42.5 Å². The largest absolute Gasteiger partial charge is 0.486 e. The lowest BCUT2D eigenvalue weighted by atomic mass is 10.1. The number of halogens is 2. The number of nitriles is 1. The van der Waals surface area contributed by atoms with Gasteiger partial charge in [0.2, 0.25) is 5.95 Å². The van der Waals surface area contributed by atoms with E-state index in [1.165, 1.54) is 24.3 Å². The number of aromatic nitrogens is 2. The van der Waals surface area contributed by atoms with E-state index in [1.807, 2.05) is 6.07 Å². The van der Waals surface area contributed by atoms with Crippen LogP contribution in [0.3, 0.4) is 0 Å². The summed E-state index contributed by atoms with van der Waals surface area (Å²) < 4.78 is 32.9. The van der Waals surface area contributed by atoms with Crippen molar-refractivity contribution in [1.82, 2.24) is 9.97 Å². The minimum Gasteiger partial charge on any atom is -0.486 e. The highest BCUT2D eigenvalue weighted by Gasteiger charge is 2.15. The highest BCUT2D eigenvalue weighted by Crippen LogP contribution is 2.29. The fourth-order valence-corrected chi connectivity index (χ4v) is 2.37. The molecule has 0 radical (unpaired) electrons. The summed E-state index contributed by atoms with van der Waals surface area (Å²) in [5.41, 5.74) is 12.2. The molecule has 2 aromatic carbocycles. The van der Waals surface area contributed by atoms with Gasteiger partial charge in [-0.2, -0.15) is 10.2 Å². The van der Waals surface area contributed by atoms with Crippen LogP contribution in [0.25, 0.3) is 11.3 Å². The van der Waals surface area contributed by atoms with E-state index in [0.29, 0.717) is 11.1 Å². The van der Waals surface area contributed by atoms with Gasteiger partial charge in [-0.05, 0) is 35.9 Å². The van der Waals surface area contributed by atoms with Gasteiger partial charge in [0, 0.05) is 5.56 Å². The van der Waals surface area contributed by atoms with Gasteiger partial charge in [0.15, 0.2) is 11.6 Å². The first-order valence-corrected chi connectivity index (χ1v) is 7.48. The van der Waals surface area contributed by atoms with Crippen molar-refractivity contribution in [1.29, 1.82) is 5.26 Å². The van der Waals surface area contributed by atoms with Crippen molar-refractivity contribution in [2.75, 3.05) is 11.5 Å². The van der Waals surface area contributed by atoms with Gasteiger partial charge in [-0.1, -0.05) is 12.1 Å². The molecule has 0 saturated carbocycles. The Hall–Kier alpha value is -3.73. The van der Waals surface area contributed by atoms with Crippen molar-refractivity contribution in [3.05, 3.63) is 65.2 Å². The maximum Gasteiger partial charge on any atom is 0.222 e. The predicted molar refractivity (Wildman–Crippen MR) is 91.7 cm³/mol. The fourth-order valence-electron chi connectivity index (χ4n) is 2.37. The van der Waals surface area contributed by atoms with Crippen molar-refractivity contribution >= 4 is 11.8 Å². The van der Waals surface area contributed by atoms with Gasteiger partial charge < -0.3 is 16.2 Å². The topological polar surface area (TPSA) is 111 Å². The van der Waals surface area contributed by atoms with Crippen molar-refractivity contribution in [2.24, 2.45) is 0 Å². The second kappa shape index (κ2) is 7.03. The molecular weight excluding hydrogens is 340 g/mol. The van der Waals surface area contributed by atoms with E-state index in [-0.39, 0.29) is 35.4 Å². The predicted octanol–water partition coefficient (Wildman–Crippen LogP) is 3.04. The van der Waals surface area contributed by atoms with E-state index in [4.69, 9.17) is 16.2 Å². The van der Waals surface area contributed by atoms with E-state index >= 15 is 0 Å². The Balaban J connectivity index is 1.88. The van der Waals surface area contributed by atoms with Crippen molar-refractivity contribution in [3.63, 3.8) is 0 Å². The molecule has 0 aliphatic rings. The molecule has 0 aliphatic heterocycles. The molecule has 0 atom stereocenters. The van der Waals surface area contributed by atoms with Gasteiger partial charge in [-0.25, -0.2) is 13.8 Å². The first-order chi connectivity index (χ1) is 12.5. The number of nitrogens with zero attached hydrogens (tertiary/aromatic N) is 3. The minimum absolute atomic E-state index is 0.00484. The van der Waals surface area contributed by atoms with Gasteiger partial charge in [0.05, 0.1) is 5.69 Å². The molecule has 3 rings (SSSR count). The molecule has 4 N–H and O–H groups in total. The Bertz CT molecular complexity index is 1020. The molecule has 0 unspecified atom stereocenters. The highest BCUT2D eigenvalue weighted by atomic mass is 19.1. The standard InChI is InChI=1S/C18H13F2N5O/c19-12-3-1-2-10(6-12)9-26-15-5-4-11(7-14(15)20)16-13(8-21)17(22)25-18(23)24-16/h1-7H,9H2,(H4,22,23,24,25). The molecule has 0 amide bonds. The number of rotatable bonds is 4. The third kappa shape index (κ3) is 3.52. The number of benzene rings is 2. The second-order valence-electron chi connectivity index (χ2n) is 5.37. The number of hydrogen-bond donors (Lipinski definition) is 2. The lowest BCUT2D eigenvalue weighted by Gasteiger charge is -2.10. The first-order valence-electron chi connectivity index (χ1n) is 7.48. The Morgan fingerprint density at radius 1 is 1.08 bits per heavy atom. The van der Waals surface area contributed by atoms with E-state index in [0.717, 1.165) is 6.07 Å². The molecule has 0 saturated heterocycles. The third-order valence-electron chi connectivity index (χ3n) is 3.55. The van der Waals surface area contributed by atoms with Crippen LogP contribution in [0.4, 0.5) is 20.5 Å². The van der Waals surface area contributed by atoms with Crippen molar-refractivity contribution in [3.8, 4) is 23.1 Å². The number of nitrogens with two attached hydrogens (primary N) is 2. The molecule has 3 aromatic rings. The molecule has 1 heterocycles. The van der Waals surface area contributed by atoms with Gasteiger partial charge in [-0.15, -0.1) is 0 Å². The van der Waals surface area contributed by atoms with Gasteiger partial charge in [-0.3, -0.25) is 0 Å². The average Bonchev–Trinajstić information content (AvgIpc) is 2.60. The molecule has 0 aliphatic carbocycles. The van der Waals surface area contributed by atoms with E-state index in [1.54, 1.807) is 12.1 Å². The summed E-state index contributed by atoms with van der Waals surface area (Å²) in [4.78, 5) is 7.68. The summed E-state index contributed by atoms with van der Waals surface area (Å²) in [6, 6.07) is 11.8. The molecule has 1 aromatic heterocycles. The van der Waals surface area contributed by atoms with Gasteiger partial charge in [0.1, 0.15) is 29.9 Å². The number of ether oxygens (including phenoxy) is 1. The molecule has 26 heavy (non-hydrogen) atoms. The first kappa shape index (κ1) is 17.1. The summed E-state index contributed by atoms with van der Waals surface area (Å²) in [5.74, 6) is -1.29. The Morgan fingerprint density at radius 2 is 1.88 bits per heavy atom. The minimum atomic E-state index is -0.668. The number of nitrogen functional groups attached to an aromatic ring is 2. The fraction of sp³-hybridized carbons (Fsp3) is 0.0556. The molecule has 0 bridgehead atoms. The van der Waals surface area contributed by atoms with Crippen molar-refractivity contribution in [2.45, 2.75) is 6.61 Å². The average molecular weight is 353 g/mol. The SMILES string of the molecule is N#Cc1c(N)nc(N)nc1-c1ccc(OCc2cccc(F)c2)c(F)c1. The quantitative estimate of drug-likeness (QED) is 0.746. The summed E-state index contributed by atoms with van der Waals surface area (Å²) in [6.45, 7) is 0.00484. The molecule has 130 valence electrons. The molecule has 6 nitrogen and oxygen atoms in total. The normalized spacial score (nSPS) is 10.3. The molecular formula is C18H13F2N5O. The lowest BCUT2D eigenvalue weighted by Crippen LogP contribution is -2.05. The van der Waals surface area contributed by atoms with Crippen LogP contribution < -0.4 is 16.2 Å². The molecule has 8 heteroatoms. The van der Waals surface area contributed by atoms with Crippen LogP contribution in [0.2, 0.25) is 0 Å². The Kier molecular flexibility index (Phi) is 4.62. The van der Waals surface area contributed by atoms with E-state index in [2.05, 4.69) is 9.97 Å². The maximum absolute atomic E-state index is 14.4. The summed E-state index contributed by atoms with van der Waals surface area (Å²) in [5, 5.41) is 9.21. The van der Waals surface area contributed by atoms with Crippen LogP contribution in [0.1, 0.15) is 11.1 Å². The van der Waals surface area contributed by atoms with Gasteiger partial charge in [0.25, 0.3) is 0 Å². The number of anilines is 2. The van der Waals surface area contributed by atoms with E-state index < -0.39 is 11.6 Å². The molecule has 0 spiro atoms. The monoisotopic (exact) mass is 353 g/mol. The second-order valence-corrected chi connectivity index (χ2v) is 5.37. The summed E-state index contributed by atoms with van der Waals surface area (Å²) in [6.07, 6.45) is 0. The lowest BCUT2D eigenvalue weighted by molar-refractivity contribution is 0.290. The summed E-state index contributed by atoms with van der Waals surface area (Å²) >= 11 is 0. The van der Waals surface area contributed by atoms with Crippen LogP contribution >= 0.6 is 0 Å². The summed E-state index contributed by atoms with van der Waals surface area (Å²) in [7, 11) is 0. The van der Waals surface area contributed by atoms with Crippen LogP contribution in [-0.4, -0.2) is 9.97 Å². The van der Waals surface area contributed by atoms with Gasteiger partial charge >= 0.3 is 0 Å². The van der Waals surface area contributed by atoms with Crippen LogP contribution in [0.5, 0.6) is 5.75 Å². The third-order valence-corrected chi connectivity index (χ3v) is 3.55. The maximum atomic E-state index is 14.4. The number of hydrogen-bond acceptors (Lipinski definition) is 6.